The Morgan fingerprint density at radius 3 is 2.44 bits per heavy atom. The Hall–Kier alpha value is -1.48. The molecular formula is C15H21NO2. The van der Waals surface area contributed by atoms with Gasteiger partial charge in [-0.3, -0.25) is 0 Å². The average Bonchev–Trinajstić information content (AvgIpc) is 2.93. The molecule has 0 spiro atoms. The van der Waals surface area contributed by atoms with Gasteiger partial charge >= 0.3 is 0 Å². The van der Waals surface area contributed by atoms with Gasteiger partial charge < -0.3 is 14.2 Å². The van der Waals surface area contributed by atoms with Crippen molar-refractivity contribution in [2.45, 2.75) is 40.2 Å². The summed E-state index contributed by atoms with van der Waals surface area (Å²) in [5.41, 5.74) is 1.16. The monoisotopic (exact) mass is 247 g/mol. The highest BCUT2D eigenvalue weighted by molar-refractivity contribution is 5.31. The molecule has 3 heteroatoms. The summed E-state index contributed by atoms with van der Waals surface area (Å²) in [6.07, 6.45) is 0.919. The molecule has 3 nitrogen and oxygen atoms in total. The number of hydrogen-bond acceptors (Lipinski definition) is 3. The lowest BCUT2D eigenvalue weighted by Gasteiger charge is -2.14. The van der Waals surface area contributed by atoms with E-state index in [2.05, 4.69) is 25.2 Å². The van der Waals surface area contributed by atoms with Gasteiger partial charge in [0.2, 0.25) is 0 Å². The molecule has 0 aliphatic carbocycles. The van der Waals surface area contributed by atoms with Crippen molar-refractivity contribution in [3.05, 3.63) is 46.8 Å². The lowest BCUT2D eigenvalue weighted by atomic mass is 10.1. The molecule has 0 aliphatic heterocycles. The summed E-state index contributed by atoms with van der Waals surface area (Å²) in [5.74, 6) is 3.86. The van der Waals surface area contributed by atoms with Crippen molar-refractivity contribution >= 4 is 0 Å². The molecule has 1 atom stereocenters. The summed E-state index contributed by atoms with van der Waals surface area (Å²) in [6.45, 7) is 9.04. The SMILES string of the molecule is CCNC(c1ccc(CC)o1)c1cc(C)oc1C. The molecule has 2 heterocycles. The third-order valence-corrected chi connectivity index (χ3v) is 3.11. The number of aryl methyl sites for hydroxylation is 3. The van der Waals surface area contributed by atoms with Crippen molar-refractivity contribution in [3.8, 4) is 0 Å². The highest BCUT2D eigenvalue weighted by atomic mass is 16.3. The van der Waals surface area contributed by atoms with Crippen molar-refractivity contribution in [1.82, 2.24) is 5.32 Å². The predicted octanol–water partition coefficient (Wildman–Crippen LogP) is 3.75. The van der Waals surface area contributed by atoms with Gasteiger partial charge in [-0.1, -0.05) is 13.8 Å². The molecule has 0 aromatic carbocycles. The van der Waals surface area contributed by atoms with Crippen molar-refractivity contribution in [3.63, 3.8) is 0 Å². The van der Waals surface area contributed by atoms with Crippen LogP contribution in [0.15, 0.2) is 27.0 Å². The van der Waals surface area contributed by atoms with E-state index in [1.807, 2.05) is 26.0 Å². The summed E-state index contributed by atoms with van der Waals surface area (Å²) in [5, 5.41) is 3.45. The molecule has 0 radical (unpaired) electrons. The van der Waals surface area contributed by atoms with Crippen LogP contribution < -0.4 is 5.32 Å². The van der Waals surface area contributed by atoms with E-state index >= 15 is 0 Å². The Morgan fingerprint density at radius 2 is 1.94 bits per heavy atom. The molecule has 18 heavy (non-hydrogen) atoms. The van der Waals surface area contributed by atoms with Gasteiger partial charge in [-0.25, -0.2) is 0 Å². The van der Waals surface area contributed by atoms with Crippen LogP contribution in [-0.4, -0.2) is 6.54 Å². The molecule has 1 N–H and O–H groups in total. The van der Waals surface area contributed by atoms with Crippen LogP contribution in [0.2, 0.25) is 0 Å². The molecule has 2 aromatic rings. The standard InChI is InChI=1S/C15H21NO2/c1-5-12-7-8-14(18-12)15(16-6-2)13-9-10(3)17-11(13)4/h7-9,15-16H,5-6H2,1-4H3. The minimum absolute atomic E-state index is 0.0766. The van der Waals surface area contributed by atoms with E-state index < -0.39 is 0 Å². The lowest BCUT2D eigenvalue weighted by molar-refractivity contribution is 0.420. The number of furan rings is 2. The quantitative estimate of drug-likeness (QED) is 0.874. The Balaban J connectivity index is 2.36. The first-order chi connectivity index (χ1) is 8.65. The molecule has 0 amide bonds. The van der Waals surface area contributed by atoms with Gasteiger partial charge in [-0.05, 0) is 38.6 Å². The Labute approximate surface area is 108 Å². The second-order valence-corrected chi connectivity index (χ2v) is 4.52. The van der Waals surface area contributed by atoms with Crippen molar-refractivity contribution in [2.24, 2.45) is 0 Å². The van der Waals surface area contributed by atoms with Crippen LogP contribution in [0.5, 0.6) is 0 Å². The summed E-state index contributed by atoms with van der Waals surface area (Å²) < 4.78 is 11.5. The lowest BCUT2D eigenvalue weighted by Crippen LogP contribution is -2.21. The number of rotatable bonds is 5. The second-order valence-electron chi connectivity index (χ2n) is 4.52. The first-order valence-electron chi connectivity index (χ1n) is 6.54. The summed E-state index contributed by atoms with van der Waals surface area (Å²) in [6, 6.07) is 6.25. The molecule has 0 aliphatic rings. The highest BCUT2D eigenvalue weighted by Crippen LogP contribution is 2.28. The Morgan fingerprint density at radius 1 is 1.17 bits per heavy atom. The first kappa shape index (κ1) is 13.0. The van der Waals surface area contributed by atoms with Crippen LogP contribution in [-0.2, 0) is 6.42 Å². The first-order valence-corrected chi connectivity index (χ1v) is 6.54. The highest BCUT2D eigenvalue weighted by Gasteiger charge is 2.21. The van der Waals surface area contributed by atoms with Gasteiger partial charge in [0.15, 0.2) is 0 Å². The fourth-order valence-electron chi connectivity index (χ4n) is 2.24. The third kappa shape index (κ3) is 2.51. The minimum Gasteiger partial charge on any atom is -0.466 e. The van der Waals surface area contributed by atoms with Crippen molar-refractivity contribution in [2.75, 3.05) is 6.54 Å². The summed E-state index contributed by atoms with van der Waals surface area (Å²) in [4.78, 5) is 0. The molecule has 1 unspecified atom stereocenters. The predicted molar refractivity (Wildman–Crippen MR) is 71.8 cm³/mol. The van der Waals surface area contributed by atoms with E-state index in [9.17, 15) is 0 Å². The number of hydrogen-bond donors (Lipinski definition) is 1. The fraction of sp³-hybridized carbons (Fsp3) is 0.467. The van der Waals surface area contributed by atoms with Crippen LogP contribution in [0, 0.1) is 13.8 Å². The third-order valence-electron chi connectivity index (χ3n) is 3.11. The Bertz CT molecular complexity index is 510. The summed E-state index contributed by atoms with van der Waals surface area (Å²) in [7, 11) is 0. The van der Waals surface area contributed by atoms with E-state index in [0.29, 0.717) is 0 Å². The van der Waals surface area contributed by atoms with Gasteiger partial charge in [-0.2, -0.15) is 0 Å². The average molecular weight is 247 g/mol. The topological polar surface area (TPSA) is 38.3 Å². The van der Waals surface area contributed by atoms with Crippen LogP contribution in [0.3, 0.4) is 0 Å². The maximum absolute atomic E-state index is 5.86. The molecule has 2 aromatic heterocycles. The largest absolute Gasteiger partial charge is 0.466 e. The zero-order valence-electron chi connectivity index (χ0n) is 11.5. The minimum atomic E-state index is 0.0766. The van der Waals surface area contributed by atoms with E-state index in [1.54, 1.807) is 0 Å². The van der Waals surface area contributed by atoms with E-state index in [4.69, 9.17) is 8.83 Å². The molecule has 0 saturated carbocycles. The van der Waals surface area contributed by atoms with Crippen LogP contribution in [0.4, 0.5) is 0 Å². The second kappa shape index (κ2) is 5.44. The molecular weight excluding hydrogens is 226 g/mol. The number of nitrogens with one attached hydrogen (secondary N) is 1. The molecule has 2 rings (SSSR count). The van der Waals surface area contributed by atoms with Crippen LogP contribution >= 0.6 is 0 Å². The van der Waals surface area contributed by atoms with E-state index in [0.717, 1.165) is 41.6 Å². The van der Waals surface area contributed by atoms with Gasteiger partial charge in [0.05, 0.1) is 6.04 Å². The van der Waals surface area contributed by atoms with Gasteiger partial charge in [0.1, 0.15) is 23.0 Å². The zero-order valence-corrected chi connectivity index (χ0v) is 11.5. The molecule has 0 fully saturated rings. The zero-order chi connectivity index (χ0) is 13.1. The molecule has 0 bridgehead atoms. The van der Waals surface area contributed by atoms with Crippen molar-refractivity contribution in [1.29, 1.82) is 0 Å². The smallest absolute Gasteiger partial charge is 0.125 e. The van der Waals surface area contributed by atoms with Crippen molar-refractivity contribution < 1.29 is 8.83 Å². The van der Waals surface area contributed by atoms with Gasteiger partial charge in [0.25, 0.3) is 0 Å². The maximum atomic E-state index is 5.86. The normalized spacial score (nSPS) is 12.9. The maximum Gasteiger partial charge on any atom is 0.125 e. The summed E-state index contributed by atoms with van der Waals surface area (Å²) >= 11 is 0. The van der Waals surface area contributed by atoms with Crippen LogP contribution in [0.1, 0.15) is 48.5 Å². The molecule has 98 valence electrons. The Kier molecular flexibility index (Phi) is 3.92. The van der Waals surface area contributed by atoms with Gasteiger partial charge in [-0.15, -0.1) is 0 Å². The van der Waals surface area contributed by atoms with Gasteiger partial charge in [0, 0.05) is 12.0 Å². The molecule has 0 saturated heterocycles. The fourth-order valence-corrected chi connectivity index (χ4v) is 2.24. The van der Waals surface area contributed by atoms with Crippen LogP contribution in [0.25, 0.3) is 0 Å². The van der Waals surface area contributed by atoms with E-state index in [1.165, 1.54) is 0 Å². The van der Waals surface area contributed by atoms with E-state index in [-0.39, 0.29) is 6.04 Å².